The van der Waals surface area contributed by atoms with Crippen LogP contribution >= 0.6 is 0 Å². The van der Waals surface area contributed by atoms with E-state index in [1.54, 1.807) is 7.11 Å². The zero-order valence-corrected chi connectivity index (χ0v) is 21.7. The Bertz CT molecular complexity index is 595. The van der Waals surface area contributed by atoms with E-state index in [0.717, 1.165) is 44.2 Å². The van der Waals surface area contributed by atoms with Gasteiger partial charge in [-0.25, -0.2) is 0 Å². The molecule has 0 aromatic carbocycles. The van der Waals surface area contributed by atoms with Crippen LogP contribution in [-0.2, 0) is 18.8 Å². The van der Waals surface area contributed by atoms with Gasteiger partial charge in [0.2, 0.25) is 0 Å². The zero-order valence-electron chi connectivity index (χ0n) is 20.7. The van der Waals surface area contributed by atoms with Crippen molar-refractivity contribution in [3.63, 3.8) is 0 Å². The molecule has 0 aliphatic heterocycles. The molecule has 0 heterocycles. The van der Waals surface area contributed by atoms with E-state index in [1.807, 2.05) is 0 Å². The van der Waals surface area contributed by atoms with Crippen LogP contribution in [0, 0.1) is 11.8 Å². The molecule has 0 radical (unpaired) electrons. The van der Waals surface area contributed by atoms with Crippen molar-refractivity contribution in [3.05, 3.63) is 24.3 Å². The van der Waals surface area contributed by atoms with E-state index >= 15 is 0 Å². The first kappa shape index (κ1) is 27.6. The lowest BCUT2D eigenvalue weighted by Gasteiger charge is -2.25. The molecule has 0 amide bonds. The summed E-state index contributed by atoms with van der Waals surface area (Å²) >= 11 is 0. The molecule has 0 aromatic rings. The fourth-order valence-corrected chi connectivity index (χ4v) is 5.10. The molecule has 0 fully saturated rings. The smallest absolute Gasteiger partial charge is 0.305 e. The van der Waals surface area contributed by atoms with Gasteiger partial charge < -0.3 is 14.0 Å². The van der Waals surface area contributed by atoms with Crippen LogP contribution < -0.4 is 0 Å². The lowest BCUT2D eigenvalue weighted by Crippen LogP contribution is -2.31. The van der Waals surface area contributed by atoms with E-state index in [2.05, 4.69) is 56.0 Å². The molecule has 0 saturated heterocycles. The van der Waals surface area contributed by atoms with Crippen molar-refractivity contribution in [2.75, 3.05) is 14.2 Å². The van der Waals surface area contributed by atoms with Crippen molar-refractivity contribution < 1.29 is 18.8 Å². The summed E-state index contributed by atoms with van der Waals surface area (Å²) in [7, 11) is 1.47. The second kappa shape index (κ2) is 15.4. The molecule has 0 unspecified atom stereocenters. The van der Waals surface area contributed by atoms with E-state index in [0.29, 0.717) is 18.3 Å². The fraction of sp³-hybridized carbons (Fsp3) is 0.760. The number of hydrogen-bond donors (Lipinski definition) is 0. The van der Waals surface area contributed by atoms with Crippen molar-refractivity contribution in [2.24, 2.45) is 17.0 Å². The van der Waals surface area contributed by atoms with Gasteiger partial charge in [-0.3, -0.25) is 4.79 Å². The van der Waals surface area contributed by atoms with Crippen molar-refractivity contribution in [1.82, 2.24) is 0 Å². The molecule has 1 aliphatic rings. The Morgan fingerprint density at radius 1 is 1.13 bits per heavy atom. The van der Waals surface area contributed by atoms with Crippen LogP contribution in [0.3, 0.4) is 0 Å². The van der Waals surface area contributed by atoms with Crippen LogP contribution in [0.15, 0.2) is 29.5 Å². The highest BCUT2D eigenvalue weighted by molar-refractivity contribution is 6.69. The van der Waals surface area contributed by atoms with Gasteiger partial charge in [-0.2, -0.15) is 0 Å². The fourth-order valence-electron chi connectivity index (χ4n) is 3.99. The van der Waals surface area contributed by atoms with Gasteiger partial charge in [0.15, 0.2) is 8.32 Å². The Morgan fingerprint density at radius 2 is 1.87 bits per heavy atom. The highest BCUT2D eigenvalue weighted by Gasteiger charge is 2.27. The van der Waals surface area contributed by atoms with E-state index in [9.17, 15) is 4.79 Å². The number of carbonyl (C=O) groups is 1. The van der Waals surface area contributed by atoms with Crippen LogP contribution in [0.5, 0.6) is 0 Å². The molecule has 0 bridgehead atoms. The van der Waals surface area contributed by atoms with Gasteiger partial charge in [0, 0.05) is 18.3 Å². The Labute approximate surface area is 191 Å². The van der Waals surface area contributed by atoms with Crippen molar-refractivity contribution >= 4 is 20.0 Å². The molecule has 3 atom stereocenters. The first-order valence-electron chi connectivity index (χ1n) is 12.0. The van der Waals surface area contributed by atoms with Gasteiger partial charge >= 0.3 is 5.97 Å². The highest BCUT2D eigenvalue weighted by Crippen LogP contribution is 2.30. The maximum atomic E-state index is 11.2. The zero-order chi connectivity index (χ0) is 23.1. The number of unbranched alkanes of at least 4 members (excludes halogenated alkanes) is 5. The second-order valence-electron chi connectivity index (χ2n) is 9.42. The summed E-state index contributed by atoms with van der Waals surface area (Å²) in [6.07, 6.45) is 19.7. The molecule has 6 heteroatoms. The van der Waals surface area contributed by atoms with E-state index in [-0.39, 0.29) is 12.1 Å². The minimum atomic E-state index is -1.59. The average molecular weight is 452 g/mol. The maximum Gasteiger partial charge on any atom is 0.305 e. The third-order valence-corrected chi connectivity index (χ3v) is 6.56. The van der Waals surface area contributed by atoms with Crippen LogP contribution in [0.25, 0.3) is 0 Å². The Morgan fingerprint density at radius 3 is 2.52 bits per heavy atom. The first-order valence-corrected chi connectivity index (χ1v) is 15.4. The highest BCUT2D eigenvalue weighted by atomic mass is 28.4. The molecule has 0 N–H and O–H groups in total. The summed E-state index contributed by atoms with van der Waals surface area (Å²) in [4.78, 5) is 16.3. The topological polar surface area (TPSA) is 57.1 Å². The minimum absolute atomic E-state index is 0.117. The summed E-state index contributed by atoms with van der Waals surface area (Å²) in [5.74, 6) is 0.566. The summed E-state index contributed by atoms with van der Waals surface area (Å²) < 4.78 is 11.2. The van der Waals surface area contributed by atoms with Crippen LogP contribution in [0.1, 0.15) is 71.1 Å². The average Bonchev–Trinajstić information content (AvgIpc) is 3.09. The van der Waals surface area contributed by atoms with Crippen molar-refractivity contribution in [3.8, 4) is 0 Å². The largest absolute Gasteiger partial charge is 0.469 e. The third-order valence-electron chi connectivity index (χ3n) is 5.55. The number of esters is 1. The lowest BCUT2D eigenvalue weighted by molar-refractivity contribution is -0.140. The number of methoxy groups -OCH3 is 1. The van der Waals surface area contributed by atoms with E-state index < -0.39 is 8.32 Å². The summed E-state index contributed by atoms with van der Waals surface area (Å²) in [6, 6.07) is 0. The van der Waals surface area contributed by atoms with Gasteiger partial charge in [-0.1, -0.05) is 68.8 Å². The number of nitrogens with zero attached hydrogens (tertiary/aromatic N) is 1. The summed E-state index contributed by atoms with van der Waals surface area (Å²) in [6.45, 7) is 9.02. The number of hydrogen-bond acceptors (Lipinski definition) is 5. The van der Waals surface area contributed by atoms with Gasteiger partial charge in [-0.15, -0.1) is 0 Å². The number of allylic oxidation sites excluding steroid dienone is 3. The first-order chi connectivity index (χ1) is 14.8. The maximum absolute atomic E-state index is 11.2. The Hall–Kier alpha value is -1.40. The van der Waals surface area contributed by atoms with E-state index in [4.69, 9.17) is 14.0 Å². The molecular weight excluding hydrogens is 406 g/mol. The summed E-state index contributed by atoms with van der Waals surface area (Å²) in [5.41, 5.74) is 1.03. The molecular formula is C25H45NO4Si. The van der Waals surface area contributed by atoms with E-state index in [1.165, 1.54) is 26.4 Å². The van der Waals surface area contributed by atoms with Crippen LogP contribution in [0.2, 0.25) is 19.6 Å². The SMILES string of the molecule is CCCCC[C@@H](/C=C/[C@H]1C=C/C(=N/OC)[C@@H]1CCCCCCC(=O)OC)O[Si](C)(C)C. The van der Waals surface area contributed by atoms with Gasteiger partial charge in [-0.05, 0) is 45.0 Å². The van der Waals surface area contributed by atoms with Crippen molar-refractivity contribution in [2.45, 2.75) is 96.9 Å². The Balaban J connectivity index is 2.65. The Kier molecular flexibility index (Phi) is 13.7. The van der Waals surface area contributed by atoms with Crippen LogP contribution in [0.4, 0.5) is 0 Å². The van der Waals surface area contributed by atoms with Gasteiger partial charge in [0.05, 0.1) is 18.9 Å². The molecule has 1 rings (SSSR count). The standard InChI is InChI=1S/C25H45NO4Si/c1-7-8-11-14-22(30-31(4,5)6)19-17-21-18-20-24(26-29-3)23(21)15-12-9-10-13-16-25(27)28-2/h17-23H,7-16H2,1-6H3/b19-17+,26-24-/t21-,22-,23+/m0/s1. The number of oxime groups is 1. The lowest BCUT2D eigenvalue weighted by atomic mass is 9.88. The van der Waals surface area contributed by atoms with Gasteiger partial charge in [0.1, 0.15) is 7.11 Å². The van der Waals surface area contributed by atoms with Crippen molar-refractivity contribution in [1.29, 1.82) is 0 Å². The minimum Gasteiger partial charge on any atom is -0.469 e. The number of carbonyl (C=O) groups excluding carboxylic acids is 1. The summed E-state index contributed by atoms with van der Waals surface area (Å²) in [5, 5.41) is 4.26. The number of rotatable bonds is 16. The van der Waals surface area contributed by atoms with Crippen LogP contribution in [-0.4, -0.2) is 40.3 Å². The molecule has 0 aromatic heterocycles. The second-order valence-corrected chi connectivity index (χ2v) is 13.9. The monoisotopic (exact) mass is 451 g/mol. The molecule has 0 saturated carbocycles. The predicted molar refractivity (Wildman–Crippen MR) is 132 cm³/mol. The molecule has 0 spiro atoms. The quantitative estimate of drug-likeness (QED) is 0.0865. The normalized spacial score (nSPS) is 21.2. The van der Waals surface area contributed by atoms with Gasteiger partial charge in [0.25, 0.3) is 0 Å². The third kappa shape index (κ3) is 12.3. The molecule has 1 aliphatic carbocycles. The molecule has 31 heavy (non-hydrogen) atoms. The number of ether oxygens (including phenoxy) is 1. The molecule has 178 valence electrons. The molecule has 5 nitrogen and oxygen atoms in total. The predicted octanol–water partition coefficient (Wildman–Crippen LogP) is 6.66.